The zero-order chi connectivity index (χ0) is 21.7. The zero-order valence-electron chi connectivity index (χ0n) is 17.1. The summed E-state index contributed by atoms with van der Waals surface area (Å²) in [5, 5.41) is 0.580. The largest absolute Gasteiger partial charge is 0.478 e. The number of halogens is 1. The maximum absolute atomic E-state index is 12.9. The van der Waals surface area contributed by atoms with Crippen LogP contribution >= 0.6 is 11.6 Å². The second-order valence-electron chi connectivity index (χ2n) is 7.49. The number of likely N-dealkylation sites (N-methyl/N-ethyl adjacent to an activating group) is 1. The van der Waals surface area contributed by atoms with Gasteiger partial charge in [-0.05, 0) is 80.1 Å². The number of rotatable bonds is 7. The summed E-state index contributed by atoms with van der Waals surface area (Å²) >= 11 is 5.88. The lowest BCUT2D eigenvalue weighted by Gasteiger charge is -2.30. The molecule has 154 valence electrons. The predicted octanol–water partition coefficient (Wildman–Crippen LogP) is 4.78. The average Bonchev–Trinajstić information content (AvgIpc) is 2.74. The molecule has 3 aromatic rings. The molecule has 0 aliphatic rings. The van der Waals surface area contributed by atoms with Gasteiger partial charge < -0.3 is 9.64 Å². The van der Waals surface area contributed by atoms with Gasteiger partial charge in [0.1, 0.15) is 5.75 Å². The topological polar surface area (TPSA) is 59.5 Å². The highest BCUT2D eigenvalue weighted by Crippen LogP contribution is 2.22. The van der Waals surface area contributed by atoms with Crippen molar-refractivity contribution in [2.24, 2.45) is 0 Å². The monoisotopic (exact) mass is 422 g/mol. The molecule has 0 saturated heterocycles. The number of aromatic nitrogens is 1. The van der Waals surface area contributed by atoms with Crippen LogP contribution in [0.1, 0.15) is 35.3 Å². The number of hydrogen-bond acceptors (Lipinski definition) is 4. The number of pyridine rings is 1. The van der Waals surface area contributed by atoms with Crippen molar-refractivity contribution in [3.8, 4) is 5.75 Å². The Hall–Kier alpha value is -3.18. The molecule has 3 rings (SSSR count). The molecule has 30 heavy (non-hydrogen) atoms. The van der Waals surface area contributed by atoms with Crippen LogP contribution in [-0.2, 0) is 11.3 Å². The number of ether oxygens (including phenoxy) is 1. The SMILES string of the molecule is CN(Cc1ccncc1)C(=O)C(C)(C)Oc1ccc(C(=O)c2ccc(Cl)cc2)cc1. The van der Waals surface area contributed by atoms with Gasteiger partial charge in [-0.2, -0.15) is 0 Å². The molecule has 6 heteroatoms. The van der Waals surface area contributed by atoms with Crippen LogP contribution in [0.15, 0.2) is 73.1 Å². The van der Waals surface area contributed by atoms with Gasteiger partial charge in [-0.1, -0.05) is 11.6 Å². The smallest absolute Gasteiger partial charge is 0.266 e. The van der Waals surface area contributed by atoms with Gasteiger partial charge in [0.15, 0.2) is 11.4 Å². The molecule has 0 fully saturated rings. The van der Waals surface area contributed by atoms with Crippen LogP contribution in [0, 0.1) is 0 Å². The Bertz CT molecular complexity index is 1020. The fourth-order valence-electron chi connectivity index (χ4n) is 3.07. The van der Waals surface area contributed by atoms with Crippen LogP contribution in [0.2, 0.25) is 5.02 Å². The summed E-state index contributed by atoms with van der Waals surface area (Å²) in [5.74, 6) is 0.254. The number of hydrogen-bond donors (Lipinski definition) is 0. The minimum absolute atomic E-state index is 0.106. The van der Waals surface area contributed by atoms with Crippen molar-refractivity contribution >= 4 is 23.3 Å². The van der Waals surface area contributed by atoms with E-state index in [2.05, 4.69) is 4.98 Å². The molecule has 0 N–H and O–H groups in total. The lowest BCUT2D eigenvalue weighted by Crippen LogP contribution is -2.47. The van der Waals surface area contributed by atoms with Crippen molar-refractivity contribution in [2.45, 2.75) is 26.0 Å². The van der Waals surface area contributed by atoms with Crippen LogP contribution in [0.3, 0.4) is 0 Å². The molecule has 0 saturated carbocycles. The van der Waals surface area contributed by atoms with E-state index in [0.29, 0.717) is 28.4 Å². The van der Waals surface area contributed by atoms with Gasteiger partial charge in [0.2, 0.25) is 0 Å². The van der Waals surface area contributed by atoms with Crippen molar-refractivity contribution in [1.82, 2.24) is 9.88 Å². The molecular formula is C24H23ClN2O3. The Kier molecular flexibility index (Phi) is 6.53. The first-order chi connectivity index (χ1) is 14.3. The first-order valence-corrected chi connectivity index (χ1v) is 9.88. The molecule has 1 heterocycles. The number of benzene rings is 2. The van der Waals surface area contributed by atoms with Crippen LogP contribution < -0.4 is 4.74 Å². The average molecular weight is 423 g/mol. The number of carbonyl (C=O) groups is 2. The normalized spacial score (nSPS) is 11.1. The lowest BCUT2D eigenvalue weighted by atomic mass is 10.0. The van der Waals surface area contributed by atoms with E-state index >= 15 is 0 Å². The summed E-state index contributed by atoms with van der Waals surface area (Å²) in [6.07, 6.45) is 3.39. The fourth-order valence-corrected chi connectivity index (χ4v) is 3.20. The molecule has 1 amide bonds. The third-order valence-corrected chi connectivity index (χ3v) is 4.88. The third kappa shape index (κ3) is 5.24. The zero-order valence-corrected chi connectivity index (χ0v) is 17.9. The van der Waals surface area contributed by atoms with Gasteiger partial charge in [0.25, 0.3) is 5.91 Å². The Balaban J connectivity index is 1.66. The summed E-state index contributed by atoms with van der Waals surface area (Å²) in [6.45, 7) is 3.92. The number of nitrogens with zero attached hydrogens (tertiary/aromatic N) is 2. The van der Waals surface area contributed by atoms with E-state index in [1.54, 1.807) is 86.7 Å². The van der Waals surface area contributed by atoms with Gasteiger partial charge in [-0.15, -0.1) is 0 Å². The third-order valence-electron chi connectivity index (χ3n) is 4.63. The predicted molar refractivity (Wildman–Crippen MR) is 117 cm³/mol. The van der Waals surface area contributed by atoms with Crippen molar-refractivity contribution < 1.29 is 14.3 Å². The standard InChI is InChI=1S/C24H23ClN2O3/c1-24(2,23(29)27(3)16-17-12-14-26-15-13-17)30-21-10-6-19(7-11-21)22(28)18-4-8-20(25)9-5-18/h4-15H,16H2,1-3H3. The fraction of sp³-hybridized carbons (Fsp3) is 0.208. The summed E-state index contributed by atoms with van der Waals surface area (Å²) in [6, 6.07) is 17.3. The molecule has 0 atom stereocenters. The van der Waals surface area contributed by atoms with Gasteiger partial charge in [-0.25, -0.2) is 0 Å². The van der Waals surface area contributed by atoms with Crippen LogP contribution in [0.25, 0.3) is 0 Å². The molecule has 0 spiro atoms. The Morgan fingerprint density at radius 2 is 1.47 bits per heavy atom. The summed E-state index contributed by atoms with van der Waals surface area (Å²) in [7, 11) is 1.74. The first kappa shape index (κ1) is 21.5. The maximum atomic E-state index is 12.9. The van der Waals surface area contributed by atoms with E-state index in [1.807, 2.05) is 12.1 Å². The van der Waals surface area contributed by atoms with E-state index in [1.165, 1.54) is 0 Å². The number of ketones is 1. The van der Waals surface area contributed by atoms with E-state index < -0.39 is 5.60 Å². The van der Waals surface area contributed by atoms with E-state index in [9.17, 15) is 9.59 Å². The van der Waals surface area contributed by atoms with Crippen LogP contribution in [0.5, 0.6) is 5.75 Å². The molecule has 0 unspecified atom stereocenters. The van der Waals surface area contributed by atoms with Crippen molar-refractivity contribution in [3.05, 3.63) is 94.8 Å². The Morgan fingerprint density at radius 3 is 2.03 bits per heavy atom. The van der Waals surface area contributed by atoms with Crippen LogP contribution in [-0.4, -0.2) is 34.2 Å². The van der Waals surface area contributed by atoms with Gasteiger partial charge in [0, 0.05) is 42.1 Å². The quantitative estimate of drug-likeness (QED) is 0.514. The van der Waals surface area contributed by atoms with Gasteiger partial charge >= 0.3 is 0 Å². The molecule has 0 aliphatic carbocycles. The van der Waals surface area contributed by atoms with Crippen molar-refractivity contribution in [1.29, 1.82) is 0 Å². The maximum Gasteiger partial charge on any atom is 0.266 e. The first-order valence-electron chi connectivity index (χ1n) is 9.50. The van der Waals surface area contributed by atoms with E-state index in [4.69, 9.17) is 16.3 Å². The highest BCUT2D eigenvalue weighted by molar-refractivity contribution is 6.30. The van der Waals surface area contributed by atoms with Crippen LogP contribution in [0.4, 0.5) is 0 Å². The van der Waals surface area contributed by atoms with Crippen molar-refractivity contribution in [2.75, 3.05) is 7.05 Å². The molecule has 0 bridgehead atoms. The second-order valence-corrected chi connectivity index (χ2v) is 7.93. The second kappa shape index (κ2) is 9.09. The molecular weight excluding hydrogens is 400 g/mol. The summed E-state index contributed by atoms with van der Waals surface area (Å²) in [5.41, 5.74) is 1.01. The summed E-state index contributed by atoms with van der Waals surface area (Å²) < 4.78 is 5.95. The minimum Gasteiger partial charge on any atom is -0.478 e. The van der Waals surface area contributed by atoms with Crippen molar-refractivity contribution in [3.63, 3.8) is 0 Å². The van der Waals surface area contributed by atoms with E-state index in [0.717, 1.165) is 5.56 Å². The number of carbonyl (C=O) groups excluding carboxylic acids is 2. The molecule has 2 aromatic carbocycles. The van der Waals surface area contributed by atoms with E-state index in [-0.39, 0.29) is 11.7 Å². The lowest BCUT2D eigenvalue weighted by molar-refractivity contribution is -0.144. The molecule has 1 aromatic heterocycles. The van der Waals surface area contributed by atoms with Gasteiger partial charge in [0.05, 0.1) is 0 Å². The minimum atomic E-state index is -1.07. The molecule has 0 radical (unpaired) electrons. The molecule has 5 nitrogen and oxygen atoms in total. The molecule has 0 aliphatic heterocycles. The highest BCUT2D eigenvalue weighted by Gasteiger charge is 2.32. The van der Waals surface area contributed by atoms with Gasteiger partial charge in [-0.3, -0.25) is 14.6 Å². The summed E-state index contributed by atoms with van der Waals surface area (Å²) in [4.78, 5) is 31.1. The number of amides is 1. The Morgan fingerprint density at radius 1 is 0.933 bits per heavy atom. The highest BCUT2D eigenvalue weighted by atomic mass is 35.5. The Labute approximate surface area is 181 Å².